The average Bonchev–Trinajstić information content (AvgIpc) is 2.48. The molecule has 18 heavy (non-hydrogen) atoms. The zero-order valence-corrected chi connectivity index (χ0v) is 11.9. The second-order valence-corrected chi connectivity index (χ2v) is 7.17. The molecule has 3 atom stereocenters. The van der Waals surface area contributed by atoms with E-state index in [2.05, 4.69) is 0 Å². The Kier molecular flexibility index (Phi) is 3.72. The van der Waals surface area contributed by atoms with Crippen LogP contribution in [0.4, 0.5) is 0 Å². The Morgan fingerprint density at radius 3 is 2.72 bits per heavy atom. The molecule has 3 nitrogen and oxygen atoms in total. The van der Waals surface area contributed by atoms with Gasteiger partial charge >= 0.3 is 5.97 Å². The van der Waals surface area contributed by atoms with E-state index >= 15 is 0 Å². The van der Waals surface area contributed by atoms with Crippen LogP contribution >= 0.6 is 0 Å². The second-order valence-electron chi connectivity index (χ2n) is 7.17. The molecule has 104 valence electrons. The van der Waals surface area contributed by atoms with Gasteiger partial charge < -0.3 is 9.84 Å². The van der Waals surface area contributed by atoms with E-state index in [-0.39, 0.29) is 5.97 Å². The lowest BCUT2D eigenvalue weighted by Crippen LogP contribution is -2.35. The summed E-state index contributed by atoms with van der Waals surface area (Å²) in [6, 6.07) is 0. The molecule has 0 radical (unpaired) electrons. The minimum Gasteiger partial charge on any atom is -0.465 e. The van der Waals surface area contributed by atoms with Gasteiger partial charge in [-0.2, -0.15) is 0 Å². The van der Waals surface area contributed by atoms with E-state index in [1.165, 1.54) is 19.3 Å². The molecule has 0 aromatic heterocycles. The molecule has 0 saturated heterocycles. The fourth-order valence-electron chi connectivity index (χ4n) is 3.47. The van der Waals surface area contributed by atoms with Crippen LogP contribution in [0.5, 0.6) is 0 Å². The van der Waals surface area contributed by atoms with Gasteiger partial charge in [0.1, 0.15) is 0 Å². The van der Waals surface area contributed by atoms with Gasteiger partial charge in [-0.05, 0) is 51.9 Å². The van der Waals surface area contributed by atoms with E-state index in [1.807, 2.05) is 20.8 Å². The summed E-state index contributed by atoms with van der Waals surface area (Å²) in [6.07, 6.45) is 6.34. The van der Waals surface area contributed by atoms with Gasteiger partial charge in [-0.3, -0.25) is 4.79 Å². The fourth-order valence-corrected chi connectivity index (χ4v) is 3.47. The van der Waals surface area contributed by atoms with Crippen LogP contribution in [0, 0.1) is 17.3 Å². The van der Waals surface area contributed by atoms with Crippen molar-refractivity contribution >= 4 is 5.97 Å². The molecule has 2 rings (SSSR count). The highest BCUT2D eigenvalue weighted by Gasteiger charge is 2.47. The molecule has 3 heteroatoms. The summed E-state index contributed by atoms with van der Waals surface area (Å²) in [6.45, 7) is 5.92. The third-order valence-corrected chi connectivity index (χ3v) is 4.57. The highest BCUT2D eigenvalue weighted by atomic mass is 16.5. The minimum atomic E-state index is -0.570. The maximum atomic E-state index is 11.7. The average molecular weight is 254 g/mol. The van der Waals surface area contributed by atoms with Gasteiger partial charge in [0.15, 0.2) is 0 Å². The third kappa shape index (κ3) is 2.87. The Bertz CT molecular complexity index is 318. The summed E-state index contributed by atoms with van der Waals surface area (Å²) in [5, 5.41) is 10.7. The van der Waals surface area contributed by atoms with Gasteiger partial charge in [0.05, 0.1) is 17.6 Å². The Morgan fingerprint density at radius 2 is 2.11 bits per heavy atom. The molecule has 2 fully saturated rings. The zero-order chi connectivity index (χ0) is 13.4. The van der Waals surface area contributed by atoms with Crippen molar-refractivity contribution in [2.75, 3.05) is 6.61 Å². The molecule has 3 unspecified atom stereocenters. The van der Waals surface area contributed by atoms with Gasteiger partial charge in [-0.25, -0.2) is 0 Å². The molecule has 0 spiro atoms. The minimum absolute atomic E-state index is 0.174. The standard InChI is InChI=1S/C15H26O3/c1-14(2,3)13(16)18-8-7-15(17)10-11-5-4-6-12(15)9-11/h11-12,17H,4-10H2,1-3H3. The van der Waals surface area contributed by atoms with Gasteiger partial charge in [0.2, 0.25) is 0 Å². The molecule has 0 aromatic rings. The molecule has 2 bridgehead atoms. The third-order valence-electron chi connectivity index (χ3n) is 4.57. The number of carbonyl (C=O) groups is 1. The number of hydrogen-bond acceptors (Lipinski definition) is 3. The predicted molar refractivity (Wildman–Crippen MR) is 70.0 cm³/mol. The van der Waals surface area contributed by atoms with Crippen LogP contribution in [0.2, 0.25) is 0 Å². The molecule has 2 aliphatic rings. The topological polar surface area (TPSA) is 46.5 Å². The van der Waals surface area contributed by atoms with Crippen molar-refractivity contribution in [3.8, 4) is 0 Å². The van der Waals surface area contributed by atoms with Gasteiger partial charge in [0, 0.05) is 6.42 Å². The molecule has 2 aliphatic carbocycles. The Morgan fingerprint density at radius 1 is 1.39 bits per heavy atom. The Balaban J connectivity index is 1.82. The highest BCUT2D eigenvalue weighted by molar-refractivity contribution is 5.75. The molecule has 0 heterocycles. The van der Waals surface area contributed by atoms with E-state index in [0.29, 0.717) is 24.9 Å². The summed E-state index contributed by atoms with van der Waals surface area (Å²) < 4.78 is 5.28. The van der Waals surface area contributed by atoms with Gasteiger partial charge in [-0.15, -0.1) is 0 Å². The quantitative estimate of drug-likeness (QED) is 0.788. The van der Waals surface area contributed by atoms with E-state index in [1.54, 1.807) is 0 Å². The Labute approximate surface area is 110 Å². The first-order chi connectivity index (χ1) is 8.31. The smallest absolute Gasteiger partial charge is 0.311 e. The number of aliphatic hydroxyl groups is 1. The van der Waals surface area contributed by atoms with E-state index in [4.69, 9.17) is 4.74 Å². The molecular weight excluding hydrogens is 228 g/mol. The van der Waals surface area contributed by atoms with Crippen LogP contribution in [-0.4, -0.2) is 23.3 Å². The lowest BCUT2D eigenvalue weighted by molar-refractivity contribution is -0.154. The molecule has 1 N–H and O–H groups in total. The number of fused-ring (bicyclic) bond motifs is 2. The van der Waals surface area contributed by atoms with Crippen LogP contribution in [0.25, 0.3) is 0 Å². The van der Waals surface area contributed by atoms with Crippen molar-refractivity contribution in [3.63, 3.8) is 0 Å². The first-order valence-corrected chi connectivity index (χ1v) is 7.21. The van der Waals surface area contributed by atoms with Crippen molar-refractivity contribution in [2.45, 2.75) is 64.9 Å². The van der Waals surface area contributed by atoms with Gasteiger partial charge in [-0.1, -0.05) is 12.8 Å². The molecule has 2 saturated carbocycles. The molecule has 0 aliphatic heterocycles. The SMILES string of the molecule is CC(C)(C)C(=O)OCCC1(O)CC2CCCC1C2. The summed E-state index contributed by atoms with van der Waals surface area (Å²) in [4.78, 5) is 11.7. The summed E-state index contributed by atoms with van der Waals surface area (Å²) in [5.41, 5.74) is -1.02. The lowest BCUT2D eigenvalue weighted by atomic mass is 9.83. The zero-order valence-electron chi connectivity index (χ0n) is 11.9. The number of esters is 1. The molecule has 0 aromatic carbocycles. The lowest BCUT2D eigenvalue weighted by Gasteiger charge is -2.30. The maximum absolute atomic E-state index is 11.7. The number of ether oxygens (including phenoxy) is 1. The van der Waals surface area contributed by atoms with Crippen LogP contribution in [0.15, 0.2) is 0 Å². The fraction of sp³-hybridized carbons (Fsp3) is 0.933. The highest BCUT2D eigenvalue weighted by Crippen LogP contribution is 2.49. The van der Waals surface area contributed by atoms with Crippen molar-refractivity contribution in [3.05, 3.63) is 0 Å². The van der Waals surface area contributed by atoms with Crippen LogP contribution in [0.1, 0.15) is 59.3 Å². The van der Waals surface area contributed by atoms with Crippen molar-refractivity contribution in [2.24, 2.45) is 17.3 Å². The van der Waals surface area contributed by atoms with E-state index in [0.717, 1.165) is 12.8 Å². The van der Waals surface area contributed by atoms with Crippen molar-refractivity contribution in [1.29, 1.82) is 0 Å². The number of rotatable bonds is 3. The van der Waals surface area contributed by atoms with Crippen LogP contribution < -0.4 is 0 Å². The monoisotopic (exact) mass is 254 g/mol. The van der Waals surface area contributed by atoms with Gasteiger partial charge in [0.25, 0.3) is 0 Å². The number of hydrogen-bond donors (Lipinski definition) is 1. The summed E-state index contributed by atoms with van der Waals surface area (Å²) in [5.74, 6) is 0.962. The summed E-state index contributed by atoms with van der Waals surface area (Å²) >= 11 is 0. The van der Waals surface area contributed by atoms with Crippen molar-refractivity contribution in [1.82, 2.24) is 0 Å². The van der Waals surface area contributed by atoms with Crippen LogP contribution in [0.3, 0.4) is 0 Å². The van der Waals surface area contributed by atoms with Crippen molar-refractivity contribution < 1.29 is 14.6 Å². The largest absolute Gasteiger partial charge is 0.465 e. The van der Waals surface area contributed by atoms with E-state index in [9.17, 15) is 9.90 Å². The summed E-state index contributed by atoms with van der Waals surface area (Å²) in [7, 11) is 0. The van der Waals surface area contributed by atoms with Crippen LogP contribution in [-0.2, 0) is 9.53 Å². The molecular formula is C15H26O3. The Hall–Kier alpha value is -0.570. The van der Waals surface area contributed by atoms with E-state index < -0.39 is 11.0 Å². The number of carbonyl (C=O) groups excluding carboxylic acids is 1. The first kappa shape index (κ1) is 13.9. The predicted octanol–water partition coefficient (Wildman–Crippen LogP) is 2.91. The maximum Gasteiger partial charge on any atom is 0.311 e. The second kappa shape index (κ2) is 4.84. The first-order valence-electron chi connectivity index (χ1n) is 7.21. The molecule has 0 amide bonds. The normalized spacial score (nSPS) is 35.6.